The Hall–Kier alpha value is -2.44. The highest BCUT2D eigenvalue weighted by atomic mass is 16.2. The summed E-state index contributed by atoms with van der Waals surface area (Å²) in [5.41, 5.74) is 2.78. The Morgan fingerprint density at radius 3 is 2.44 bits per heavy atom. The molecule has 0 aromatic carbocycles. The molecule has 18 heavy (non-hydrogen) atoms. The fourth-order valence-corrected chi connectivity index (χ4v) is 1.63. The van der Waals surface area contributed by atoms with Crippen LogP contribution in [0.1, 0.15) is 17.3 Å². The number of likely N-dealkylation sites (N-methyl/N-ethyl adjacent to an activating group) is 1. The molecule has 7 heteroatoms. The second kappa shape index (κ2) is 4.44. The molecule has 1 atom stereocenters. The van der Waals surface area contributed by atoms with Gasteiger partial charge in [0.25, 0.3) is 11.8 Å². The van der Waals surface area contributed by atoms with Crippen LogP contribution in [0.15, 0.2) is 24.5 Å². The van der Waals surface area contributed by atoms with Crippen LogP contribution in [0.2, 0.25) is 0 Å². The summed E-state index contributed by atoms with van der Waals surface area (Å²) < 4.78 is 0. The Balaban J connectivity index is 2.13. The van der Waals surface area contributed by atoms with Crippen LogP contribution in [0.5, 0.6) is 0 Å². The van der Waals surface area contributed by atoms with E-state index in [2.05, 4.69) is 10.4 Å². The van der Waals surface area contributed by atoms with Crippen molar-refractivity contribution in [3.8, 4) is 0 Å². The van der Waals surface area contributed by atoms with E-state index >= 15 is 0 Å². The number of nitrogens with one attached hydrogen (secondary N) is 1. The van der Waals surface area contributed by atoms with Crippen LogP contribution in [0.3, 0.4) is 0 Å². The Labute approximate surface area is 103 Å². The van der Waals surface area contributed by atoms with Gasteiger partial charge in [0.2, 0.25) is 0 Å². The van der Waals surface area contributed by atoms with Crippen LogP contribution < -0.4 is 5.43 Å². The number of nitrogens with zero attached hydrogens (tertiary/aromatic N) is 3. The van der Waals surface area contributed by atoms with E-state index in [1.165, 1.54) is 31.6 Å². The molecule has 0 radical (unpaired) electrons. The molecule has 0 bridgehead atoms. The fourth-order valence-electron chi connectivity index (χ4n) is 1.63. The number of imide groups is 1. The van der Waals surface area contributed by atoms with E-state index in [-0.39, 0.29) is 5.91 Å². The Morgan fingerprint density at radius 2 is 1.94 bits per heavy atom. The lowest BCUT2D eigenvalue weighted by Crippen LogP contribution is -2.47. The van der Waals surface area contributed by atoms with Crippen LogP contribution in [0.4, 0.5) is 4.79 Å². The number of urea groups is 1. The number of hydrogen-bond donors (Lipinski definition) is 1. The second-order valence-electron chi connectivity index (χ2n) is 3.90. The zero-order valence-electron chi connectivity index (χ0n) is 9.95. The van der Waals surface area contributed by atoms with Gasteiger partial charge in [-0.3, -0.25) is 24.9 Å². The van der Waals surface area contributed by atoms with E-state index in [0.717, 1.165) is 9.91 Å². The summed E-state index contributed by atoms with van der Waals surface area (Å²) in [5, 5.41) is 1.02. The van der Waals surface area contributed by atoms with Gasteiger partial charge in [0, 0.05) is 25.0 Å². The van der Waals surface area contributed by atoms with Crippen LogP contribution >= 0.6 is 0 Å². The van der Waals surface area contributed by atoms with Crippen LogP contribution in [-0.4, -0.2) is 45.8 Å². The first-order valence-electron chi connectivity index (χ1n) is 5.34. The van der Waals surface area contributed by atoms with E-state index in [4.69, 9.17) is 0 Å². The molecule has 1 saturated heterocycles. The summed E-state index contributed by atoms with van der Waals surface area (Å²) in [6, 6.07) is 1.79. The van der Waals surface area contributed by atoms with Gasteiger partial charge in [-0.2, -0.15) is 0 Å². The van der Waals surface area contributed by atoms with Crippen molar-refractivity contribution in [3.63, 3.8) is 0 Å². The number of amides is 4. The maximum Gasteiger partial charge on any atom is 0.345 e. The first-order valence-corrected chi connectivity index (χ1v) is 5.34. The third-order valence-electron chi connectivity index (χ3n) is 2.73. The molecule has 1 aliphatic heterocycles. The standard InChI is InChI=1S/C11H12N4O3/c1-7-10(17)14(2)11(18)15(7)13-9(16)8-3-5-12-6-4-8/h3-7H,1-2H3,(H,13,16). The molecule has 2 heterocycles. The molecule has 1 unspecified atom stereocenters. The molecular formula is C11H12N4O3. The Morgan fingerprint density at radius 1 is 1.33 bits per heavy atom. The number of carbonyl (C=O) groups excluding carboxylic acids is 3. The molecule has 1 fully saturated rings. The molecule has 0 spiro atoms. The minimum atomic E-state index is -0.701. The highest BCUT2D eigenvalue weighted by Crippen LogP contribution is 2.13. The van der Waals surface area contributed by atoms with Crippen molar-refractivity contribution < 1.29 is 14.4 Å². The number of hydrazine groups is 1. The second-order valence-corrected chi connectivity index (χ2v) is 3.90. The van der Waals surface area contributed by atoms with Gasteiger partial charge in [-0.25, -0.2) is 9.80 Å². The maximum atomic E-state index is 11.8. The zero-order valence-corrected chi connectivity index (χ0v) is 9.95. The lowest BCUT2D eigenvalue weighted by molar-refractivity contribution is -0.127. The zero-order chi connectivity index (χ0) is 13.3. The molecule has 1 aromatic heterocycles. The molecular weight excluding hydrogens is 236 g/mol. The molecule has 0 saturated carbocycles. The lowest BCUT2D eigenvalue weighted by Gasteiger charge is -2.19. The summed E-state index contributed by atoms with van der Waals surface area (Å²) >= 11 is 0. The fraction of sp³-hybridized carbons (Fsp3) is 0.273. The van der Waals surface area contributed by atoms with Gasteiger partial charge in [-0.15, -0.1) is 0 Å². The van der Waals surface area contributed by atoms with Gasteiger partial charge in [0.1, 0.15) is 6.04 Å². The summed E-state index contributed by atoms with van der Waals surface area (Å²) in [6.07, 6.45) is 2.95. The summed E-state index contributed by atoms with van der Waals surface area (Å²) in [6.45, 7) is 1.55. The van der Waals surface area contributed by atoms with Crippen molar-refractivity contribution in [2.75, 3.05) is 7.05 Å². The average molecular weight is 248 g/mol. The van der Waals surface area contributed by atoms with E-state index in [1.54, 1.807) is 6.92 Å². The molecule has 1 aromatic rings. The van der Waals surface area contributed by atoms with Gasteiger partial charge in [-0.1, -0.05) is 0 Å². The molecule has 2 rings (SSSR count). The quantitative estimate of drug-likeness (QED) is 0.747. The molecule has 0 aliphatic carbocycles. The van der Waals surface area contributed by atoms with Crippen LogP contribution in [0.25, 0.3) is 0 Å². The van der Waals surface area contributed by atoms with Gasteiger partial charge in [-0.05, 0) is 19.1 Å². The summed E-state index contributed by atoms with van der Waals surface area (Å²) in [7, 11) is 1.37. The minimum Gasteiger partial charge on any atom is -0.272 e. The highest BCUT2D eigenvalue weighted by Gasteiger charge is 2.41. The van der Waals surface area contributed by atoms with Crippen molar-refractivity contribution in [2.24, 2.45) is 0 Å². The molecule has 7 nitrogen and oxygen atoms in total. The molecule has 1 aliphatic rings. The predicted octanol–water partition coefficient (Wildman–Crippen LogP) is 0.00890. The van der Waals surface area contributed by atoms with Crippen molar-refractivity contribution in [3.05, 3.63) is 30.1 Å². The Bertz CT molecular complexity index is 502. The Kier molecular flexibility index (Phi) is 2.97. The van der Waals surface area contributed by atoms with E-state index in [0.29, 0.717) is 5.56 Å². The molecule has 1 N–H and O–H groups in total. The van der Waals surface area contributed by atoms with Crippen LogP contribution in [0, 0.1) is 0 Å². The van der Waals surface area contributed by atoms with Gasteiger partial charge >= 0.3 is 6.03 Å². The van der Waals surface area contributed by atoms with Gasteiger partial charge in [0.05, 0.1) is 0 Å². The third-order valence-corrected chi connectivity index (χ3v) is 2.73. The lowest BCUT2D eigenvalue weighted by atomic mass is 10.2. The summed E-state index contributed by atoms with van der Waals surface area (Å²) in [4.78, 5) is 39.8. The van der Waals surface area contributed by atoms with E-state index < -0.39 is 18.0 Å². The monoisotopic (exact) mass is 248 g/mol. The maximum absolute atomic E-state index is 11.8. The van der Waals surface area contributed by atoms with Crippen LogP contribution in [-0.2, 0) is 4.79 Å². The minimum absolute atomic E-state index is 0.352. The largest absolute Gasteiger partial charge is 0.345 e. The number of carbonyl (C=O) groups is 3. The molecule has 4 amide bonds. The summed E-state index contributed by atoms with van der Waals surface area (Å²) in [5.74, 6) is -0.810. The highest BCUT2D eigenvalue weighted by molar-refractivity contribution is 6.05. The average Bonchev–Trinajstić information content (AvgIpc) is 2.57. The van der Waals surface area contributed by atoms with E-state index in [1.807, 2.05) is 0 Å². The van der Waals surface area contributed by atoms with Crippen molar-refractivity contribution in [2.45, 2.75) is 13.0 Å². The van der Waals surface area contributed by atoms with Crippen molar-refractivity contribution in [1.82, 2.24) is 20.3 Å². The third kappa shape index (κ3) is 1.90. The van der Waals surface area contributed by atoms with Crippen molar-refractivity contribution >= 4 is 17.8 Å². The van der Waals surface area contributed by atoms with E-state index in [9.17, 15) is 14.4 Å². The van der Waals surface area contributed by atoms with Gasteiger partial charge in [0.15, 0.2) is 0 Å². The number of pyridine rings is 1. The number of rotatable bonds is 2. The number of aromatic nitrogens is 1. The van der Waals surface area contributed by atoms with Crippen molar-refractivity contribution in [1.29, 1.82) is 0 Å². The predicted molar refractivity (Wildman–Crippen MR) is 61.2 cm³/mol. The number of hydrogen-bond acceptors (Lipinski definition) is 4. The first kappa shape index (κ1) is 12.0. The SMILES string of the molecule is CC1C(=O)N(C)C(=O)N1NC(=O)c1ccncc1. The first-order chi connectivity index (χ1) is 8.52. The topological polar surface area (TPSA) is 82.6 Å². The van der Waals surface area contributed by atoms with Gasteiger partial charge < -0.3 is 0 Å². The smallest absolute Gasteiger partial charge is 0.272 e. The molecule has 94 valence electrons. The normalized spacial score (nSPS) is 19.3.